The zero-order chi connectivity index (χ0) is 16.3. The Labute approximate surface area is 137 Å². The first-order valence-corrected chi connectivity index (χ1v) is 9.34. The number of sulfonamides is 1. The number of rotatable bonds is 7. The van der Waals surface area contributed by atoms with E-state index in [0.717, 1.165) is 24.2 Å². The van der Waals surface area contributed by atoms with Crippen LogP contribution in [0.25, 0.3) is 0 Å². The topological polar surface area (TPSA) is 55.4 Å². The highest BCUT2D eigenvalue weighted by Gasteiger charge is 2.44. The minimum Gasteiger partial charge on any atom is -0.497 e. The molecule has 0 aliphatic heterocycles. The molecule has 0 aromatic heterocycles. The lowest BCUT2D eigenvalue weighted by atomic mass is 9.96. The molecule has 0 saturated heterocycles. The highest BCUT2D eigenvalue weighted by Crippen LogP contribution is 2.48. The van der Waals surface area contributed by atoms with Crippen LogP contribution in [0.15, 0.2) is 54.6 Å². The van der Waals surface area contributed by atoms with Gasteiger partial charge in [-0.2, -0.15) is 0 Å². The quantitative estimate of drug-likeness (QED) is 0.849. The van der Waals surface area contributed by atoms with E-state index in [2.05, 4.69) is 4.72 Å². The van der Waals surface area contributed by atoms with Gasteiger partial charge in [-0.15, -0.1) is 0 Å². The van der Waals surface area contributed by atoms with Gasteiger partial charge in [-0.3, -0.25) is 0 Å². The van der Waals surface area contributed by atoms with Gasteiger partial charge in [0.1, 0.15) is 5.75 Å². The summed E-state index contributed by atoms with van der Waals surface area (Å²) in [6, 6.07) is 17.1. The van der Waals surface area contributed by atoms with Crippen LogP contribution in [0.4, 0.5) is 0 Å². The molecule has 1 N–H and O–H groups in total. The molecular weight excluding hydrogens is 310 g/mol. The van der Waals surface area contributed by atoms with Crippen LogP contribution >= 0.6 is 0 Å². The highest BCUT2D eigenvalue weighted by atomic mass is 32.2. The lowest BCUT2D eigenvalue weighted by molar-refractivity contribution is 0.414. The van der Waals surface area contributed by atoms with Crippen molar-refractivity contribution in [2.45, 2.75) is 24.0 Å². The van der Waals surface area contributed by atoms with Crippen LogP contribution < -0.4 is 9.46 Å². The second kappa shape index (κ2) is 6.34. The Bertz CT molecular complexity index is 751. The van der Waals surface area contributed by atoms with Crippen molar-refractivity contribution in [3.05, 3.63) is 65.7 Å². The minimum atomic E-state index is -3.32. The van der Waals surface area contributed by atoms with Crippen LogP contribution in [0, 0.1) is 0 Å². The molecule has 23 heavy (non-hydrogen) atoms. The summed E-state index contributed by atoms with van der Waals surface area (Å²) in [6.45, 7) is 0.453. The number of benzene rings is 2. The first-order chi connectivity index (χ1) is 11.0. The molecule has 3 rings (SSSR count). The van der Waals surface area contributed by atoms with Gasteiger partial charge >= 0.3 is 0 Å². The first-order valence-electron chi connectivity index (χ1n) is 7.69. The number of nitrogens with one attached hydrogen (secondary N) is 1. The van der Waals surface area contributed by atoms with Gasteiger partial charge in [-0.25, -0.2) is 13.1 Å². The standard InChI is InChI=1S/C18H21NO3S/c1-22-17-9-7-16(8-10-17)18(11-12-18)14-19-23(20,21)13-15-5-3-2-4-6-15/h2-10,19H,11-14H2,1H3. The van der Waals surface area contributed by atoms with Crippen molar-refractivity contribution in [1.29, 1.82) is 0 Å². The molecule has 0 bridgehead atoms. The summed E-state index contributed by atoms with van der Waals surface area (Å²) < 4.78 is 32.5. The van der Waals surface area contributed by atoms with Crippen molar-refractivity contribution >= 4 is 10.0 Å². The van der Waals surface area contributed by atoms with Gasteiger partial charge in [-0.05, 0) is 36.1 Å². The summed E-state index contributed by atoms with van der Waals surface area (Å²) in [5, 5.41) is 0. The molecule has 0 amide bonds. The lowest BCUT2D eigenvalue weighted by Gasteiger charge is -2.17. The van der Waals surface area contributed by atoms with E-state index in [9.17, 15) is 8.42 Å². The maximum atomic E-state index is 12.3. The summed E-state index contributed by atoms with van der Waals surface area (Å²) in [5.41, 5.74) is 1.91. The molecule has 1 fully saturated rings. The average Bonchev–Trinajstić information content (AvgIpc) is 3.35. The van der Waals surface area contributed by atoms with Crippen molar-refractivity contribution in [3.63, 3.8) is 0 Å². The summed E-state index contributed by atoms with van der Waals surface area (Å²) >= 11 is 0. The van der Waals surface area contributed by atoms with E-state index in [1.807, 2.05) is 54.6 Å². The fraction of sp³-hybridized carbons (Fsp3) is 0.333. The molecular formula is C18H21NO3S. The summed E-state index contributed by atoms with van der Waals surface area (Å²) in [6.07, 6.45) is 2.01. The molecule has 0 heterocycles. The molecule has 0 spiro atoms. The third-order valence-electron chi connectivity index (χ3n) is 4.39. The van der Waals surface area contributed by atoms with Gasteiger partial charge < -0.3 is 4.74 Å². The number of methoxy groups -OCH3 is 1. The van der Waals surface area contributed by atoms with Gasteiger partial charge in [-0.1, -0.05) is 42.5 Å². The average molecular weight is 331 g/mol. The van der Waals surface area contributed by atoms with Crippen LogP contribution in [-0.4, -0.2) is 22.1 Å². The first kappa shape index (κ1) is 16.0. The van der Waals surface area contributed by atoms with Crippen LogP contribution in [0.5, 0.6) is 5.75 Å². The van der Waals surface area contributed by atoms with Crippen LogP contribution in [-0.2, 0) is 21.2 Å². The van der Waals surface area contributed by atoms with Gasteiger partial charge in [0.2, 0.25) is 10.0 Å². The molecule has 5 heteroatoms. The smallest absolute Gasteiger partial charge is 0.215 e. The van der Waals surface area contributed by atoms with Crippen LogP contribution in [0.1, 0.15) is 24.0 Å². The van der Waals surface area contributed by atoms with Gasteiger partial charge in [0.25, 0.3) is 0 Å². The van der Waals surface area contributed by atoms with Crippen LogP contribution in [0.2, 0.25) is 0 Å². The molecule has 0 unspecified atom stereocenters. The van der Waals surface area contributed by atoms with Crippen LogP contribution in [0.3, 0.4) is 0 Å². The maximum Gasteiger partial charge on any atom is 0.215 e. The number of ether oxygens (including phenoxy) is 1. The zero-order valence-corrected chi connectivity index (χ0v) is 14.0. The fourth-order valence-electron chi connectivity index (χ4n) is 2.76. The Morgan fingerprint density at radius 2 is 1.70 bits per heavy atom. The highest BCUT2D eigenvalue weighted by molar-refractivity contribution is 7.88. The summed E-state index contributed by atoms with van der Waals surface area (Å²) in [4.78, 5) is 0. The third-order valence-corrected chi connectivity index (χ3v) is 5.68. The Kier molecular flexibility index (Phi) is 4.41. The molecule has 1 saturated carbocycles. The largest absolute Gasteiger partial charge is 0.497 e. The maximum absolute atomic E-state index is 12.3. The van der Waals surface area contributed by atoms with E-state index in [1.165, 1.54) is 5.56 Å². The molecule has 1 aliphatic carbocycles. The second-order valence-corrected chi connectivity index (χ2v) is 7.88. The molecule has 0 atom stereocenters. The predicted molar refractivity (Wildman–Crippen MR) is 91.0 cm³/mol. The van der Waals surface area contributed by atoms with E-state index in [1.54, 1.807) is 7.11 Å². The second-order valence-electron chi connectivity index (χ2n) is 6.07. The molecule has 1 aliphatic rings. The lowest BCUT2D eigenvalue weighted by Crippen LogP contribution is -2.33. The molecule has 122 valence electrons. The number of hydrogen-bond acceptors (Lipinski definition) is 3. The van der Waals surface area contributed by atoms with Gasteiger partial charge in [0, 0.05) is 12.0 Å². The van der Waals surface area contributed by atoms with E-state index in [0.29, 0.717) is 6.54 Å². The van der Waals surface area contributed by atoms with Gasteiger partial charge in [0.05, 0.1) is 12.9 Å². The molecule has 4 nitrogen and oxygen atoms in total. The molecule has 0 radical (unpaired) electrons. The van der Waals surface area contributed by atoms with E-state index < -0.39 is 10.0 Å². The van der Waals surface area contributed by atoms with Crippen molar-refractivity contribution in [3.8, 4) is 5.75 Å². The minimum absolute atomic E-state index is 0.0204. The zero-order valence-electron chi connectivity index (χ0n) is 13.2. The van der Waals surface area contributed by atoms with Crippen molar-refractivity contribution < 1.29 is 13.2 Å². The van der Waals surface area contributed by atoms with Gasteiger partial charge in [0.15, 0.2) is 0 Å². The Morgan fingerprint density at radius 3 is 2.26 bits per heavy atom. The van der Waals surface area contributed by atoms with Crippen molar-refractivity contribution in [2.24, 2.45) is 0 Å². The van der Waals surface area contributed by atoms with E-state index in [-0.39, 0.29) is 11.2 Å². The summed E-state index contributed by atoms with van der Waals surface area (Å²) in [5.74, 6) is 0.834. The Morgan fingerprint density at radius 1 is 1.04 bits per heavy atom. The number of hydrogen-bond donors (Lipinski definition) is 1. The Balaban J connectivity index is 1.64. The predicted octanol–water partition coefficient (Wildman–Crippen LogP) is 2.85. The Hall–Kier alpha value is -1.85. The van der Waals surface area contributed by atoms with E-state index in [4.69, 9.17) is 4.74 Å². The van der Waals surface area contributed by atoms with Crippen molar-refractivity contribution in [1.82, 2.24) is 4.72 Å². The molecule has 2 aromatic rings. The fourth-order valence-corrected chi connectivity index (χ4v) is 3.99. The molecule has 2 aromatic carbocycles. The SMILES string of the molecule is COc1ccc(C2(CNS(=O)(=O)Cc3ccccc3)CC2)cc1. The third kappa shape index (κ3) is 3.92. The summed E-state index contributed by atoms with van der Waals surface area (Å²) in [7, 11) is -1.68. The normalized spacial score (nSPS) is 16.0. The van der Waals surface area contributed by atoms with E-state index >= 15 is 0 Å². The monoisotopic (exact) mass is 331 g/mol. The van der Waals surface area contributed by atoms with Crippen molar-refractivity contribution in [2.75, 3.05) is 13.7 Å².